The van der Waals surface area contributed by atoms with E-state index in [1.807, 2.05) is 12.1 Å². The van der Waals surface area contributed by atoms with Crippen molar-refractivity contribution in [1.82, 2.24) is 10.2 Å². The lowest BCUT2D eigenvalue weighted by Crippen LogP contribution is -2.50. The lowest BCUT2D eigenvalue weighted by Gasteiger charge is -2.35. The largest absolute Gasteiger partial charge is 0.369 e. The molecule has 0 spiro atoms. The predicted molar refractivity (Wildman–Crippen MR) is 101 cm³/mol. The fourth-order valence-electron chi connectivity index (χ4n) is 3.95. The van der Waals surface area contributed by atoms with Crippen LogP contribution in [-0.2, 0) is 17.6 Å². The molecule has 1 fully saturated rings. The van der Waals surface area contributed by atoms with Crippen LogP contribution >= 0.6 is 0 Å². The SMILES string of the molecule is O=C(CN1CCN(c2ccc(F)cc2)CC1)NC1Cc2ccccc2C1. The molecule has 0 aromatic heterocycles. The van der Waals surface area contributed by atoms with E-state index >= 15 is 0 Å². The first-order valence-corrected chi connectivity index (χ1v) is 9.26. The molecule has 1 N–H and O–H groups in total. The first kappa shape index (κ1) is 17.0. The third kappa shape index (κ3) is 3.88. The summed E-state index contributed by atoms with van der Waals surface area (Å²) in [4.78, 5) is 16.8. The highest BCUT2D eigenvalue weighted by Crippen LogP contribution is 2.21. The molecule has 1 amide bonds. The molecule has 2 aromatic carbocycles. The molecule has 26 heavy (non-hydrogen) atoms. The number of benzene rings is 2. The highest BCUT2D eigenvalue weighted by Gasteiger charge is 2.24. The number of hydrogen-bond donors (Lipinski definition) is 1. The minimum absolute atomic E-state index is 0.109. The van der Waals surface area contributed by atoms with Gasteiger partial charge < -0.3 is 10.2 Å². The standard InChI is InChI=1S/C21H24FN3O/c22-18-5-7-20(8-6-18)25-11-9-24(10-12-25)15-21(26)23-19-13-16-3-1-2-4-17(16)14-19/h1-8,19H,9-15H2,(H,23,26). The Kier molecular flexibility index (Phi) is 4.89. The molecule has 0 bridgehead atoms. The quantitative estimate of drug-likeness (QED) is 0.916. The van der Waals surface area contributed by atoms with Crippen LogP contribution in [0.5, 0.6) is 0 Å². The van der Waals surface area contributed by atoms with E-state index in [0.29, 0.717) is 6.54 Å². The topological polar surface area (TPSA) is 35.6 Å². The number of nitrogens with zero attached hydrogens (tertiary/aromatic N) is 2. The lowest BCUT2D eigenvalue weighted by atomic mass is 10.1. The third-order valence-electron chi connectivity index (χ3n) is 5.35. The van der Waals surface area contributed by atoms with E-state index in [9.17, 15) is 9.18 Å². The van der Waals surface area contributed by atoms with Crippen LogP contribution in [0.15, 0.2) is 48.5 Å². The lowest BCUT2D eigenvalue weighted by molar-refractivity contribution is -0.123. The van der Waals surface area contributed by atoms with Crippen LogP contribution in [0.4, 0.5) is 10.1 Å². The molecular formula is C21H24FN3O. The van der Waals surface area contributed by atoms with Crippen molar-refractivity contribution in [2.24, 2.45) is 0 Å². The number of anilines is 1. The Bertz CT molecular complexity index is 744. The van der Waals surface area contributed by atoms with Gasteiger partial charge in [0.2, 0.25) is 5.91 Å². The Labute approximate surface area is 153 Å². The van der Waals surface area contributed by atoms with Gasteiger partial charge in [0.25, 0.3) is 0 Å². The molecule has 0 saturated carbocycles. The average molecular weight is 353 g/mol. The average Bonchev–Trinajstić information content (AvgIpc) is 3.05. The van der Waals surface area contributed by atoms with Crippen LogP contribution < -0.4 is 10.2 Å². The zero-order chi connectivity index (χ0) is 17.9. The Hall–Kier alpha value is -2.40. The summed E-state index contributed by atoms with van der Waals surface area (Å²) in [7, 11) is 0. The number of rotatable bonds is 4. The second-order valence-corrected chi connectivity index (χ2v) is 7.18. The Morgan fingerprint density at radius 1 is 0.962 bits per heavy atom. The van der Waals surface area contributed by atoms with Gasteiger partial charge in [0, 0.05) is 37.9 Å². The van der Waals surface area contributed by atoms with E-state index in [1.54, 1.807) is 0 Å². The Morgan fingerprint density at radius 2 is 1.58 bits per heavy atom. The van der Waals surface area contributed by atoms with Crippen molar-refractivity contribution in [1.29, 1.82) is 0 Å². The van der Waals surface area contributed by atoms with Crippen molar-refractivity contribution in [2.75, 3.05) is 37.6 Å². The fourth-order valence-corrected chi connectivity index (χ4v) is 3.95. The number of nitrogens with one attached hydrogen (secondary N) is 1. The highest BCUT2D eigenvalue weighted by atomic mass is 19.1. The Morgan fingerprint density at radius 3 is 2.19 bits per heavy atom. The number of halogens is 1. The maximum Gasteiger partial charge on any atom is 0.234 e. The van der Waals surface area contributed by atoms with Crippen molar-refractivity contribution in [2.45, 2.75) is 18.9 Å². The van der Waals surface area contributed by atoms with Gasteiger partial charge in [-0.25, -0.2) is 4.39 Å². The fraction of sp³-hybridized carbons (Fsp3) is 0.381. The summed E-state index contributed by atoms with van der Waals surface area (Å²) in [6.45, 7) is 3.84. The third-order valence-corrected chi connectivity index (χ3v) is 5.35. The van der Waals surface area contributed by atoms with Gasteiger partial charge in [0.05, 0.1) is 6.54 Å². The van der Waals surface area contributed by atoms with E-state index in [1.165, 1.54) is 23.3 Å². The molecule has 1 heterocycles. The van der Waals surface area contributed by atoms with Crippen LogP contribution in [0.25, 0.3) is 0 Å². The van der Waals surface area contributed by atoms with Crippen LogP contribution in [-0.4, -0.2) is 49.6 Å². The second-order valence-electron chi connectivity index (χ2n) is 7.18. The molecule has 1 saturated heterocycles. The van der Waals surface area contributed by atoms with Crippen molar-refractivity contribution in [3.8, 4) is 0 Å². The summed E-state index contributed by atoms with van der Waals surface area (Å²) in [5, 5.41) is 3.19. The molecular weight excluding hydrogens is 329 g/mol. The summed E-state index contributed by atoms with van der Waals surface area (Å²) >= 11 is 0. The Balaban J connectivity index is 1.23. The van der Waals surface area contributed by atoms with E-state index in [0.717, 1.165) is 44.7 Å². The van der Waals surface area contributed by atoms with Crippen molar-refractivity contribution in [3.05, 3.63) is 65.5 Å². The highest BCUT2D eigenvalue weighted by molar-refractivity contribution is 5.78. The maximum absolute atomic E-state index is 13.0. The summed E-state index contributed by atoms with van der Waals surface area (Å²) in [6.07, 6.45) is 1.86. The summed E-state index contributed by atoms with van der Waals surface area (Å²) < 4.78 is 13.0. The van der Waals surface area contributed by atoms with Gasteiger partial charge in [-0.05, 0) is 48.2 Å². The van der Waals surface area contributed by atoms with Gasteiger partial charge >= 0.3 is 0 Å². The first-order chi connectivity index (χ1) is 12.7. The van der Waals surface area contributed by atoms with Crippen LogP contribution in [0.3, 0.4) is 0 Å². The van der Waals surface area contributed by atoms with Gasteiger partial charge in [-0.2, -0.15) is 0 Å². The minimum atomic E-state index is -0.210. The molecule has 2 aromatic rings. The van der Waals surface area contributed by atoms with Gasteiger partial charge in [-0.15, -0.1) is 0 Å². The number of fused-ring (bicyclic) bond motifs is 1. The smallest absolute Gasteiger partial charge is 0.234 e. The van der Waals surface area contributed by atoms with E-state index in [2.05, 4.69) is 39.4 Å². The van der Waals surface area contributed by atoms with Gasteiger partial charge in [-0.1, -0.05) is 24.3 Å². The first-order valence-electron chi connectivity index (χ1n) is 9.26. The molecule has 136 valence electrons. The van der Waals surface area contributed by atoms with Crippen molar-refractivity contribution in [3.63, 3.8) is 0 Å². The molecule has 0 atom stereocenters. The summed E-state index contributed by atoms with van der Waals surface area (Å²) in [5.74, 6) is -0.101. The maximum atomic E-state index is 13.0. The van der Waals surface area contributed by atoms with Crippen molar-refractivity contribution < 1.29 is 9.18 Å². The van der Waals surface area contributed by atoms with E-state index in [-0.39, 0.29) is 17.8 Å². The van der Waals surface area contributed by atoms with E-state index < -0.39 is 0 Å². The molecule has 4 nitrogen and oxygen atoms in total. The van der Waals surface area contributed by atoms with Gasteiger partial charge in [0.1, 0.15) is 5.82 Å². The molecule has 2 aliphatic rings. The number of amides is 1. The summed E-state index contributed by atoms with van der Waals surface area (Å²) in [6, 6.07) is 15.3. The van der Waals surface area contributed by atoms with E-state index in [4.69, 9.17) is 0 Å². The molecule has 0 unspecified atom stereocenters. The zero-order valence-electron chi connectivity index (χ0n) is 14.8. The summed E-state index contributed by atoms with van der Waals surface area (Å²) in [5.41, 5.74) is 3.75. The monoisotopic (exact) mass is 353 g/mol. The van der Waals surface area contributed by atoms with Crippen LogP contribution in [0.1, 0.15) is 11.1 Å². The van der Waals surface area contributed by atoms with Gasteiger partial charge in [-0.3, -0.25) is 9.69 Å². The molecule has 4 rings (SSSR count). The predicted octanol–water partition coefficient (Wildman–Crippen LogP) is 2.23. The van der Waals surface area contributed by atoms with Crippen LogP contribution in [0, 0.1) is 5.82 Å². The number of hydrogen-bond acceptors (Lipinski definition) is 3. The zero-order valence-corrected chi connectivity index (χ0v) is 14.8. The van der Waals surface area contributed by atoms with Crippen LogP contribution in [0.2, 0.25) is 0 Å². The number of carbonyl (C=O) groups is 1. The second kappa shape index (κ2) is 7.46. The molecule has 1 aliphatic heterocycles. The normalized spacial score (nSPS) is 18.0. The number of carbonyl (C=O) groups excluding carboxylic acids is 1. The minimum Gasteiger partial charge on any atom is -0.369 e. The molecule has 5 heteroatoms. The molecule has 1 aliphatic carbocycles. The molecule has 0 radical (unpaired) electrons. The van der Waals surface area contributed by atoms with Gasteiger partial charge in [0.15, 0.2) is 0 Å². The number of piperazine rings is 1. The van der Waals surface area contributed by atoms with Crippen molar-refractivity contribution >= 4 is 11.6 Å².